The van der Waals surface area contributed by atoms with Gasteiger partial charge in [-0.2, -0.15) is 0 Å². The maximum Gasteiger partial charge on any atom is 0.242 e. The summed E-state index contributed by atoms with van der Waals surface area (Å²) in [6.07, 6.45) is 5.15. The van der Waals surface area contributed by atoms with E-state index in [2.05, 4.69) is 15.0 Å². The minimum atomic E-state index is 0.101. The second-order valence-electron chi connectivity index (χ2n) is 4.39. The van der Waals surface area contributed by atoms with E-state index in [1.54, 1.807) is 10.9 Å². The van der Waals surface area contributed by atoms with E-state index in [0.717, 1.165) is 25.9 Å². The van der Waals surface area contributed by atoms with Crippen LogP contribution < -0.4 is 5.73 Å². The monoisotopic (exact) mass is 246 g/mol. The maximum absolute atomic E-state index is 12.0. The number of rotatable bonds is 2. The first-order chi connectivity index (χ1) is 8.75. The van der Waals surface area contributed by atoms with Gasteiger partial charge < -0.3 is 15.2 Å². The van der Waals surface area contributed by atoms with E-state index in [9.17, 15) is 4.79 Å². The minimum Gasteiger partial charge on any atom is -0.382 e. The lowest BCUT2D eigenvalue weighted by molar-refractivity contribution is -0.130. The molecular formula is C11H14N6O. The Hall–Kier alpha value is -2.18. The predicted molar refractivity (Wildman–Crippen MR) is 65.5 cm³/mol. The van der Waals surface area contributed by atoms with Gasteiger partial charge in [-0.25, -0.2) is 15.0 Å². The van der Waals surface area contributed by atoms with Gasteiger partial charge in [-0.05, 0) is 12.8 Å². The molecule has 1 aliphatic rings. The zero-order valence-corrected chi connectivity index (χ0v) is 9.91. The van der Waals surface area contributed by atoms with E-state index in [1.807, 2.05) is 4.90 Å². The number of fused-ring (bicyclic) bond motifs is 1. The van der Waals surface area contributed by atoms with Crippen LogP contribution in [0.3, 0.4) is 0 Å². The van der Waals surface area contributed by atoms with Crippen LogP contribution >= 0.6 is 0 Å². The zero-order chi connectivity index (χ0) is 12.5. The SMILES string of the molecule is Nc1ncnc2c1ncn2CC(=O)N1CCCC1. The fourth-order valence-corrected chi connectivity index (χ4v) is 2.23. The molecule has 1 saturated heterocycles. The van der Waals surface area contributed by atoms with E-state index in [1.165, 1.54) is 6.33 Å². The number of anilines is 1. The Bertz CT molecular complexity index is 586. The number of hydrogen-bond donors (Lipinski definition) is 1. The molecule has 1 fully saturated rings. The number of carbonyl (C=O) groups is 1. The molecule has 1 amide bonds. The summed E-state index contributed by atoms with van der Waals surface area (Å²) >= 11 is 0. The Morgan fingerprint density at radius 2 is 2.06 bits per heavy atom. The summed E-state index contributed by atoms with van der Waals surface area (Å²) < 4.78 is 1.72. The Morgan fingerprint density at radius 1 is 1.28 bits per heavy atom. The molecule has 94 valence electrons. The molecule has 18 heavy (non-hydrogen) atoms. The number of likely N-dealkylation sites (tertiary alicyclic amines) is 1. The van der Waals surface area contributed by atoms with Crippen molar-refractivity contribution >= 4 is 22.9 Å². The van der Waals surface area contributed by atoms with E-state index in [-0.39, 0.29) is 12.5 Å². The number of nitrogens with zero attached hydrogens (tertiary/aromatic N) is 5. The molecule has 7 heteroatoms. The zero-order valence-electron chi connectivity index (χ0n) is 9.91. The minimum absolute atomic E-state index is 0.101. The van der Waals surface area contributed by atoms with Gasteiger partial charge in [-0.3, -0.25) is 4.79 Å². The highest BCUT2D eigenvalue weighted by molar-refractivity contribution is 5.83. The molecule has 3 rings (SSSR count). The van der Waals surface area contributed by atoms with Crippen molar-refractivity contribution in [2.24, 2.45) is 0 Å². The van der Waals surface area contributed by atoms with Crippen molar-refractivity contribution in [3.63, 3.8) is 0 Å². The molecule has 0 saturated carbocycles. The fourth-order valence-electron chi connectivity index (χ4n) is 2.23. The molecular weight excluding hydrogens is 232 g/mol. The maximum atomic E-state index is 12.0. The molecule has 1 aliphatic heterocycles. The summed E-state index contributed by atoms with van der Waals surface area (Å²) in [7, 11) is 0. The van der Waals surface area contributed by atoms with Gasteiger partial charge in [-0.1, -0.05) is 0 Å². The third-order valence-electron chi connectivity index (χ3n) is 3.19. The van der Waals surface area contributed by atoms with Crippen molar-refractivity contribution < 1.29 is 4.79 Å². The number of imidazole rings is 1. The number of carbonyl (C=O) groups excluding carboxylic acids is 1. The van der Waals surface area contributed by atoms with Crippen molar-refractivity contribution in [3.8, 4) is 0 Å². The Balaban J connectivity index is 1.86. The second kappa shape index (κ2) is 4.25. The second-order valence-corrected chi connectivity index (χ2v) is 4.39. The van der Waals surface area contributed by atoms with Crippen LogP contribution in [0, 0.1) is 0 Å². The highest BCUT2D eigenvalue weighted by Crippen LogP contribution is 2.15. The number of nitrogen functional groups attached to an aromatic ring is 1. The van der Waals surface area contributed by atoms with E-state index in [4.69, 9.17) is 5.73 Å². The summed E-state index contributed by atoms with van der Waals surface area (Å²) in [5.41, 5.74) is 6.85. The predicted octanol–water partition coefficient (Wildman–Crippen LogP) is 0.0309. The van der Waals surface area contributed by atoms with Crippen LogP contribution in [0.25, 0.3) is 11.2 Å². The number of hydrogen-bond acceptors (Lipinski definition) is 5. The Kier molecular flexibility index (Phi) is 2.58. The molecule has 0 unspecified atom stereocenters. The first-order valence-electron chi connectivity index (χ1n) is 5.95. The number of amides is 1. The van der Waals surface area contributed by atoms with Crippen LogP contribution in [0.4, 0.5) is 5.82 Å². The van der Waals surface area contributed by atoms with Gasteiger partial charge in [0.1, 0.15) is 18.4 Å². The number of aromatic nitrogens is 4. The van der Waals surface area contributed by atoms with E-state index in [0.29, 0.717) is 17.0 Å². The quantitative estimate of drug-likeness (QED) is 0.807. The van der Waals surface area contributed by atoms with Gasteiger partial charge >= 0.3 is 0 Å². The average Bonchev–Trinajstić information content (AvgIpc) is 2.99. The third kappa shape index (κ3) is 1.77. The van der Waals surface area contributed by atoms with Crippen molar-refractivity contribution in [1.82, 2.24) is 24.4 Å². The standard InChI is InChI=1S/C11H14N6O/c12-10-9-11(14-6-13-10)17(7-15-9)5-8(18)16-3-1-2-4-16/h6-7H,1-5H2,(H2,12,13,14). The van der Waals surface area contributed by atoms with Crippen LogP contribution in [0.5, 0.6) is 0 Å². The molecule has 0 spiro atoms. The average molecular weight is 246 g/mol. The lowest BCUT2D eigenvalue weighted by atomic mass is 10.4. The van der Waals surface area contributed by atoms with Crippen LogP contribution in [-0.4, -0.2) is 43.4 Å². The fraction of sp³-hybridized carbons (Fsp3) is 0.455. The van der Waals surface area contributed by atoms with Crippen LogP contribution in [0.15, 0.2) is 12.7 Å². The first kappa shape index (κ1) is 10.9. The molecule has 0 radical (unpaired) electrons. The van der Waals surface area contributed by atoms with Gasteiger partial charge in [0.25, 0.3) is 0 Å². The van der Waals surface area contributed by atoms with Gasteiger partial charge in [0.05, 0.1) is 6.33 Å². The largest absolute Gasteiger partial charge is 0.382 e. The lowest BCUT2D eigenvalue weighted by Gasteiger charge is -2.15. The number of nitrogens with two attached hydrogens (primary N) is 1. The first-order valence-corrected chi connectivity index (χ1v) is 5.95. The van der Waals surface area contributed by atoms with Crippen molar-refractivity contribution in [3.05, 3.63) is 12.7 Å². The normalized spacial score (nSPS) is 15.4. The van der Waals surface area contributed by atoms with Gasteiger partial charge in [0, 0.05) is 13.1 Å². The molecule has 2 aromatic rings. The third-order valence-corrected chi connectivity index (χ3v) is 3.19. The molecule has 0 aliphatic carbocycles. The smallest absolute Gasteiger partial charge is 0.242 e. The molecule has 2 N–H and O–H groups in total. The van der Waals surface area contributed by atoms with E-state index < -0.39 is 0 Å². The van der Waals surface area contributed by atoms with Gasteiger partial charge in [0.2, 0.25) is 5.91 Å². The highest BCUT2D eigenvalue weighted by atomic mass is 16.2. The molecule has 7 nitrogen and oxygen atoms in total. The van der Waals surface area contributed by atoms with Gasteiger partial charge in [-0.15, -0.1) is 0 Å². The summed E-state index contributed by atoms with van der Waals surface area (Å²) in [5.74, 6) is 0.441. The molecule has 0 bridgehead atoms. The summed E-state index contributed by atoms with van der Waals surface area (Å²) in [6.45, 7) is 1.96. The molecule has 3 heterocycles. The van der Waals surface area contributed by atoms with Crippen LogP contribution in [0.1, 0.15) is 12.8 Å². The van der Waals surface area contributed by atoms with Crippen molar-refractivity contribution in [2.45, 2.75) is 19.4 Å². The van der Waals surface area contributed by atoms with E-state index >= 15 is 0 Å². The summed E-state index contributed by atoms with van der Waals surface area (Å²) in [4.78, 5) is 26.0. The lowest BCUT2D eigenvalue weighted by Crippen LogP contribution is -2.30. The topological polar surface area (TPSA) is 89.9 Å². The Labute approximate surface area is 104 Å². The Morgan fingerprint density at radius 3 is 2.83 bits per heavy atom. The molecule has 2 aromatic heterocycles. The highest BCUT2D eigenvalue weighted by Gasteiger charge is 2.19. The summed E-state index contributed by atoms with van der Waals surface area (Å²) in [6, 6.07) is 0. The summed E-state index contributed by atoms with van der Waals surface area (Å²) in [5, 5.41) is 0. The van der Waals surface area contributed by atoms with Gasteiger partial charge in [0.15, 0.2) is 11.5 Å². The molecule has 0 aromatic carbocycles. The van der Waals surface area contributed by atoms with Crippen LogP contribution in [0.2, 0.25) is 0 Å². The van der Waals surface area contributed by atoms with Crippen molar-refractivity contribution in [2.75, 3.05) is 18.8 Å². The van der Waals surface area contributed by atoms with Crippen molar-refractivity contribution in [1.29, 1.82) is 0 Å². The molecule has 0 atom stereocenters. The van der Waals surface area contributed by atoms with Crippen LogP contribution in [-0.2, 0) is 11.3 Å².